The number of hydrogen-bond acceptors (Lipinski definition) is 5. The first kappa shape index (κ1) is 20.3. The zero-order valence-corrected chi connectivity index (χ0v) is 17.4. The van der Waals surface area contributed by atoms with Crippen molar-refractivity contribution in [2.24, 2.45) is 0 Å². The van der Waals surface area contributed by atoms with E-state index < -0.39 is 17.8 Å². The molecule has 30 heavy (non-hydrogen) atoms. The summed E-state index contributed by atoms with van der Waals surface area (Å²) >= 11 is 13.1. The summed E-state index contributed by atoms with van der Waals surface area (Å²) in [5, 5.41) is 3.82. The third kappa shape index (κ3) is 4.28. The first-order valence-corrected chi connectivity index (χ1v) is 10.2. The topological polar surface area (TPSA) is 79.6 Å². The van der Waals surface area contributed by atoms with Crippen LogP contribution in [-0.4, -0.2) is 17.8 Å². The number of barbiturate groups is 1. The van der Waals surface area contributed by atoms with Gasteiger partial charge in [-0.1, -0.05) is 35.0 Å². The summed E-state index contributed by atoms with van der Waals surface area (Å²) in [5.41, 5.74) is 0.0701. The van der Waals surface area contributed by atoms with Crippen molar-refractivity contribution in [2.75, 3.05) is 4.90 Å². The van der Waals surface area contributed by atoms with E-state index in [2.05, 4.69) is 5.32 Å². The lowest BCUT2D eigenvalue weighted by molar-refractivity contribution is -0.122. The third-order valence-electron chi connectivity index (χ3n) is 4.11. The average Bonchev–Trinajstić information content (AvgIpc) is 3.15. The number of nitrogens with zero attached hydrogens (tertiary/aromatic N) is 1. The maximum atomic E-state index is 12.8. The number of rotatable bonds is 4. The molecule has 0 unspecified atom stereocenters. The molecule has 2 aromatic carbocycles. The first-order valence-electron chi connectivity index (χ1n) is 8.61. The fourth-order valence-corrected chi connectivity index (χ4v) is 3.74. The molecule has 6 nitrogen and oxygen atoms in total. The predicted molar refractivity (Wildman–Crippen MR) is 115 cm³/mol. The van der Waals surface area contributed by atoms with Crippen molar-refractivity contribution >= 4 is 64.6 Å². The van der Waals surface area contributed by atoms with Gasteiger partial charge in [0.25, 0.3) is 11.8 Å². The Morgan fingerprint density at radius 1 is 0.867 bits per heavy atom. The molecule has 0 bridgehead atoms. The molecule has 1 aliphatic rings. The quantitative estimate of drug-likeness (QED) is 0.417. The van der Waals surface area contributed by atoms with Crippen LogP contribution in [0.15, 0.2) is 80.6 Å². The van der Waals surface area contributed by atoms with Gasteiger partial charge in [-0.05, 0) is 66.7 Å². The van der Waals surface area contributed by atoms with Crippen molar-refractivity contribution in [3.63, 3.8) is 0 Å². The minimum atomic E-state index is -0.831. The molecule has 4 rings (SSSR count). The van der Waals surface area contributed by atoms with E-state index in [0.717, 1.165) is 9.80 Å². The fourth-order valence-electron chi connectivity index (χ4n) is 2.71. The highest BCUT2D eigenvalue weighted by Crippen LogP contribution is 2.31. The van der Waals surface area contributed by atoms with Gasteiger partial charge in [0, 0.05) is 14.9 Å². The average molecular weight is 459 g/mol. The Kier molecular flexibility index (Phi) is 5.67. The minimum Gasteiger partial charge on any atom is -0.450 e. The van der Waals surface area contributed by atoms with Gasteiger partial charge in [0.2, 0.25) is 0 Å². The van der Waals surface area contributed by atoms with Gasteiger partial charge < -0.3 is 4.42 Å². The molecule has 1 aromatic heterocycles. The number of amides is 4. The van der Waals surface area contributed by atoms with Crippen LogP contribution in [0.5, 0.6) is 0 Å². The zero-order valence-electron chi connectivity index (χ0n) is 15.1. The van der Waals surface area contributed by atoms with Gasteiger partial charge in [-0.15, -0.1) is 0 Å². The fraction of sp³-hybridized carbons (Fsp3) is 0. The summed E-state index contributed by atoms with van der Waals surface area (Å²) in [6.07, 6.45) is 1.30. The number of imide groups is 2. The Morgan fingerprint density at radius 2 is 1.50 bits per heavy atom. The summed E-state index contributed by atoms with van der Waals surface area (Å²) < 4.78 is 5.70. The highest BCUT2D eigenvalue weighted by molar-refractivity contribution is 7.99. The van der Waals surface area contributed by atoms with Gasteiger partial charge in [-0.3, -0.25) is 14.9 Å². The zero-order chi connectivity index (χ0) is 21.3. The second-order valence-corrected chi connectivity index (χ2v) is 8.10. The van der Waals surface area contributed by atoms with Gasteiger partial charge in [0.05, 0.1) is 5.69 Å². The van der Waals surface area contributed by atoms with E-state index in [9.17, 15) is 14.4 Å². The molecule has 150 valence electrons. The standard InChI is InChI=1S/C21H12Cl2N2O4S/c22-12-1-5-14(6-2-12)25-20(27)17(19(26)24-21(25)28)11-15-7-10-18(29-15)30-16-8-3-13(23)4-9-16/h1-11H,(H,24,26,28)/b17-11+. The highest BCUT2D eigenvalue weighted by atomic mass is 35.5. The maximum Gasteiger partial charge on any atom is 0.335 e. The normalized spacial score (nSPS) is 15.6. The van der Waals surface area contributed by atoms with Crippen LogP contribution in [0, 0.1) is 0 Å². The predicted octanol–water partition coefficient (Wildman–Crippen LogP) is 5.40. The largest absolute Gasteiger partial charge is 0.450 e. The summed E-state index contributed by atoms with van der Waals surface area (Å²) in [6, 6.07) is 15.9. The molecule has 1 saturated heterocycles. The Labute approximate surface area is 185 Å². The van der Waals surface area contributed by atoms with Crippen molar-refractivity contribution in [1.29, 1.82) is 0 Å². The Bertz CT molecular complexity index is 1170. The second-order valence-electron chi connectivity index (χ2n) is 6.15. The van der Waals surface area contributed by atoms with Gasteiger partial charge in [-0.2, -0.15) is 0 Å². The molecule has 1 fully saturated rings. The smallest absolute Gasteiger partial charge is 0.335 e. The van der Waals surface area contributed by atoms with E-state index in [1.54, 1.807) is 36.4 Å². The number of furan rings is 1. The molecule has 0 radical (unpaired) electrons. The maximum absolute atomic E-state index is 12.8. The summed E-state index contributed by atoms with van der Waals surface area (Å²) in [5.74, 6) is -1.25. The van der Waals surface area contributed by atoms with Crippen molar-refractivity contribution in [2.45, 2.75) is 9.99 Å². The van der Waals surface area contributed by atoms with Crippen LogP contribution >= 0.6 is 35.0 Å². The van der Waals surface area contributed by atoms with Crippen LogP contribution in [0.25, 0.3) is 6.08 Å². The number of carbonyl (C=O) groups excluding carboxylic acids is 3. The third-order valence-corrected chi connectivity index (χ3v) is 5.54. The van der Waals surface area contributed by atoms with E-state index in [4.69, 9.17) is 27.6 Å². The molecule has 0 spiro atoms. The molecule has 0 atom stereocenters. The number of anilines is 1. The number of benzene rings is 2. The van der Waals surface area contributed by atoms with Crippen molar-refractivity contribution in [3.05, 3.63) is 82.0 Å². The lowest BCUT2D eigenvalue weighted by atomic mass is 10.1. The molecule has 0 aliphatic carbocycles. The number of carbonyl (C=O) groups is 3. The van der Waals surface area contributed by atoms with E-state index in [0.29, 0.717) is 26.6 Å². The molecule has 9 heteroatoms. The van der Waals surface area contributed by atoms with Crippen molar-refractivity contribution in [3.8, 4) is 0 Å². The van der Waals surface area contributed by atoms with Crippen LogP contribution < -0.4 is 10.2 Å². The number of hydrogen-bond donors (Lipinski definition) is 1. The summed E-state index contributed by atoms with van der Waals surface area (Å²) in [7, 11) is 0. The Morgan fingerprint density at radius 3 is 2.17 bits per heavy atom. The Hall–Kier alpha value is -3.00. The van der Waals surface area contributed by atoms with E-state index in [1.165, 1.54) is 30.0 Å². The van der Waals surface area contributed by atoms with Crippen molar-refractivity contribution < 1.29 is 18.8 Å². The van der Waals surface area contributed by atoms with Crippen LogP contribution in [-0.2, 0) is 9.59 Å². The lowest BCUT2D eigenvalue weighted by Gasteiger charge is -2.26. The molecule has 4 amide bonds. The molecular formula is C21H12Cl2N2O4S. The lowest BCUT2D eigenvalue weighted by Crippen LogP contribution is -2.54. The first-order chi connectivity index (χ1) is 14.4. The summed E-state index contributed by atoms with van der Waals surface area (Å²) in [4.78, 5) is 39.1. The molecular weight excluding hydrogens is 447 g/mol. The van der Waals surface area contributed by atoms with Crippen LogP contribution in [0.4, 0.5) is 10.5 Å². The molecule has 0 saturated carbocycles. The van der Waals surface area contributed by atoms with Crippen LogP contribution in [0.3, 0.4) is 0 Å². The van der Waals surface area contributed by atoms with Gasteiger partial charge in [0.1, 0.15) is 11.3 Å². The van der Waals surface area contributed by atoms with Gasteiger partial charge in [-0.25, -0.2) is 9.69 Å². The molecule has 1 N–H and O–H groups in total. The Balaban J connectivity index is 1.59. The minimum absolute atomic E-state index is 0.220. The SMILES string of the molecule is O=C1NC(=O)N(c2ccc(Cl)cc2)C(=O)/C1=C/c1ccc(Sc2ccc(Cl)cc2)o1. The monoisotopic (exact) mass is 458 g/mol. The van der Waals surface area contributed by atoms with Crippen LogP contribution in [0.2, 0.25) is 10.0 Å². The number of halogens is 2. The van der Waals surface area contributed by atoms with Gasteiger partial charge in [0.15, 0.2) is 5.09 Å². The van der Waals surface area contributed by atoms with Crippen molar-refractivity contribution in [1.82, 2.24) is 5.32 Å². The molecule has 3 aromatic rings. The van der Waals surface area contributed by atoms with Crippen LogP contribution in [0.1, 0.15) is 5.76 Å². The number of nitrogens with one attached hydrogen (secondary N) is 1. The van der Waals surface area contributed by atoms with E-state index >= 15 is 0 Å². The highest BCUT2D eigenvalue weighted by Gasteiger charge is 2.37. The summed E-state index contributed by atoms with van der Waals surface area (Å²) in [6.45, 7) is 0. The number of urea groups is 1. The molecule has 2 heterocycles. The van der Waals surface area contributed by atoms with E-state index in [-0.39, 0.29) is 5.57 Å². The molecule has 1 aliphatic heterocycles. The second kappa shape index (κ2) is 8.39. The van der Waals surface area contributed by atoms with E-state index in [1.807, 2.05) is 12.1 Å². The van der Waals surface area contributed by atoms with Gasteiger partial charge >= 0.3 is 6.03 Å².